The van der Waals surface area contributed by atoms with Crippen LogP contribution in [0.1, 0.15) is 64.2 Å². The van der Waals surface area contributed by atoms with Crippen LogP contribution in [0.3, 0.4) is 0 Å². The van der Waals surface area contributed by atoms with Gasteiger partial charge in [-0.2, -0.15) is 0 Å². The standard InChI is InChI=1S/C15H25NO2/c17-12-6-9-15(7-2-3-8-15)13(11-12)16-10-4-1-5-14(16)18/h12-13,17H,1-11H2. The summed E-state index contributed by atoms with van der Waals surface area (Å²) in [5, 5.41) is 10.0. The lowest BCUT2D eigenvalue weighted by Crippen LogP contribution is -2.55. The number of carbonyl (C=O) groups excluding carboxylic acids is 1. The first-order valence-corrected chi connectivity index (χ1v) is 7.69. The number of rotatable bonds is 1. The van der Waals surface area contributed by atoms with Crippen molar-refractivity contribution in [2.45, 2.75) is 76.4 Å². The maximum absolute atomic E-state index is 12.2. The largest absolute Gasteiger partial charge is 0.393 e. The van der Waals surface area contributed by atoms with E-state index in [4.69, 9.17) is 0 Å². The van der Waals surface area contributed by atoms with Gasteiger partial charge in [-0.15, -0.1) is 0 Å². The molecule has 3 fully saturated rings. The first-order valence-electron chi connectivity index (χ1n) is 7.69. The molecule has 18 heavy (non-hydrogen) atoms. The zero-order valence-electron chi connectivity index (χ0n) is 11.2. The minimum Gasteiger partial charge on any atom is -0.393 e. The van der Waals surface area contributed by atoms with Crippen LogP contribution in [0, 0.1) is 5.41 Å². The molecule has 1 heterocycles. The third-order valence-corrected chi connectivity index (χ3v) is 5.51. The van der Waals surface area contributed by atoms with E-state index in [9.17, 15) is 9.90 Å². The smallest absolute Gasteiger partial charge is 0.222 e. The van der Waals surface area contributed by atoms with Crippen molar-refractivity contribution in [2.75, 3.05) is 6.54 Å². The van der Waals surface area contributed by atoms with Crippen molar-refractivity contribution in [2.24, 2.45) is 5.41 Å². The van der Waals surface area contributed by atoms with E-state index in [0.717, 1.165) is 45.1 Å². The Morgan fingerprint density at radius 3 is 2.61 bits per heavy atom. The molecule has 2 atom stereocenters. The van der Waals surface area contributed by atoms with E-state index in [-0.39, 0.29) is 6.10 Å². The lowest BCUT2D eigenvalue weighted by molar-refractivity contribution is -0.142. The highest BCUT2D eigenvalue weighted by atomic mass is 16.3. The molecule has 0 aromatic carbocycles. The van der Waals surface area contributed by atoms with Crippen LogP contribution in [0.15, 0.2) is 0 Å². The Labute approximate surface area is 110 Å². The Morgan fingerprint density at radius 1 is 1.11 bits per heavy atom. The molecule has 0 radical (unpaired) electrons. The second-order valence-corrected chi connectivity index (χ2v) is 6.56. The van der Waals surface area contributed by atoms with E-state index >= 15 is 0 Å². The third-order valence-electron chi connectivity index (χ3n) is 5.51. The van der Waals surface area contributed by atoms with Crippen LogP contribution in [0.2, 0.25) is 0 Å². The molecule has 1 aliphatic heterocycles. The number of carbonyl (C=O) groups is 1. The van der Waals surface area contributed by atoms with Crippen molar-refractivity contribution in [3.05, 3.63) is 0 Å². The van der Waals surface area contributed by atoms with E-state index in [1.807, 2.05) is 0 Å². The Morgan fingerprint density at radius 2 is 1.89 bits per heavy atom. The van der Waals surface area contributed by atoms with Gasteiger partial charge in [0.25, 0.3) is 0 Å². The number of hydrogen-bond donors (Lipinski definition) is 1. The molecule has 3 nitrogen and oxygen atoms in total. The fourth-order valence-corrected chi connectivity index (χ4v) is 4.52. The lowest BCUT2D eigenvalue weighted by Gasteiger charge is -2.49. The molecule has 1 amide bonds. The zero-order valence-corrected chi connectivity index (χ0v) is 11.2. The summed E-state index contributed by atoms with van der Waals surface area (Å²) in [5.74, 6) is 0.339. The number of aliphatic hydroxyl groups excluding tert-OH is 1. The van der Waals surface area contributed by atoms with Crippen LogP contribution in [-0.2, 0) is 4.79 Å². The second kappa shape index (κ2) is 4.84. The molecular formula is C15H25NO2. The quantitative estimate of drug-likeness (QED) is 0.777. The van der Waals surface area contributed by atoms with Gasteiger partial charge >= 0.3 is 0 Å². The summed E-state index contributed by atoms with van der Waals surface area (Å²) in [6.45, 7) is 0.929. The molecule has 1 saturated heterocycles. The Balaban J connectivity index is 1.82. The first kappa shape index (κ1) is 12.5. The van der Waals surface area contributed by atoms with Gasteiger partial charge in [0, 0.05) is 19.0 Å². The predicted molar refractivity (Wildman–Crippen MR) is 70.1 cm³/mol. The number of hydrogen-bond acceptors (Lipinski definition) is 2. The molecule has 2 saturated carbocycles. The molecule has 0 aromatic heterocycles. The maximum Gasteiger partial charge on any atom is 0.222 e. The summed E-state index contributed by atoms with van der Waals surface area (Å²) in [5.41, 5.74) is 0.353. The van der Waals surface area contributed by atoms with Crippen LogP contribution in [0.4, 0.5) is 0 Å². The van der Waals surface area contributed by atoms with E-state index in [2.05, 4.69) is 4.90 Å². The number of aliphatic hydroxyl groups is 1. The van der Waals surface area contributed by atoms with Gasteiger partial charge in [-0.05, 0) is 50.4 Å². The first-order chi connectivity index (χ1) is 8.71. The summed E-state index contributed by atoms with van der Waals surface area (Å²) in [7, 11) is 0. The van der Waals surface area contributed by atoms with Crippen molar-refractivity contribution < 1.29 is 9.90 Å². The number of piperidine rings is 1. The summed E-state index contributed by atoms with van der Waals surface area (Å²) in [6.07, 6.45) is 10.8. The summed E-state index contributed by atoms with van der Waals surface area (Å²) in [4.78, 5) is 14.3. The number of likely N-dealkylation sites (tertiary alicyclic amines) is 1. The highest BCUT2D eigenvalue weighted by Gasteiger charge is 2.48. The Hall–Kier alpha value is -0.570. The van der Waals surface area contributed by atoms with Crippen molar-refractivity contribution >= 4 is 5.91 Å². The second-order valence-electron chi connectivity index (χ2n) is 6.56. The predicted octanol–water partition coefficient (Wildman–Crippen LogP) is 2.47. The van der Waals surface area contributed by atoms with Crippen LogP contribution in [0.25, 0.3) is 0 Å². The van der Waals surface area contributed by atoms with E-state index in [0.29, 0.717) is 17.4 Å². The summed E-state index contributed by atoms with van der Waals surface area (Å²) < 4.78 is 0. The monoisotopic (exact) mass is 251 g/mol. The van der Waals surface area contributed by atoms with Gasteiger partial charge in [0.2, 0.25) is 5.91 Å². The summed E-state index contributed by atoms with van der Waals surface area (Å²) >= 11 is 0. The van der Waals surface area contributed by atoms with E-state index < -0.39 is 0 Å². The van der Waals surface area contributed by atoms with Gasteiger partial charge in [-0.1, -0.05) is 12.8 Å². The molecule has 2 aliphatic carbocycles. The molecule has 1 N–H and O–H groups in total. The Bertz CT molecular complexity index is 322. The van der Waals surface area contributed by atoms with Gasteiger partial charge in [0.05, 0.1) is 6.10 Å². The normalized spacial score (nSPS) is 36.3. The minimum atomic E-state index is -0.184. The van der Waals surface area contributed by atoms with Gasteiger partial charge in [0.1, 0.15) is 0 Å². The van der Waals surface area contributed by atoms with Crippen LogP contribution < -0.4 is 0 Å². The maximum atomic E-state index is 12.2. The molecule has 0 aromatic rings. The molecular weight excluding hydrogens is 226 g/mol. The fraction of sp³-hybridized carbons (Fsp3) is 0.933. The van der Waals surface area contributed by atoms with Crippen LogP contribution in [0.5, 0.6) is 0 Å². The van der Waals surface area contributed by atoms with Gasteiger partial charge in [-0.25, -0.2) is 0 Å². The summed E-state index contributed by atoms with van der Waals surface area (Å²) in [6, 6.07) is 0.330. The Kier molecular flexibility index (Phi) is 3.35. The molecule has 3 aliphatic rings. The third kappa shape index (κ3) is 2.07. The highest BCUT2D eigenvalue weighted by Crippen LogP contribution is 2.51. The molecule has 1 spiro atoms. The SMILES string of the molecule is O=C1CCCCN1C1CC(O)CCC12CCCC2. The van der Waals surface area contributed by atoms with Crippen molar-refractivity contribution in [1.82, 2.24) is 4.90 Å². The van der Waals surface area contributed by atoms with Gasteiger partial charge < -0.3 is 10.0 Å². The minimum absolute atomic E-state index is 0.184. The lowest BCUT2D eigenvalue weighted by atomic mass is 9.67. The average molecular weight is 251 g/mol. The molecule has 2 unspecified atom stereocenters. The molecule has 0 bridgehead atoms. The molecule has 3 heteroatoms. The highest BCUT2D eigenvalue weighted by molar-refractivity contribution is 5.77. The van der Waals surface area contributed by atoms with E-state index in [1.54, 1.807) is 0 Å². The van der Waals surface area contributed by atoms with Gasteiger partial charge in [-0.3, -0.25) is 4.79 Å². The zero-order chi connectivity index (χ0) is 12.6. The van der Waals surface area contributed by atoms with Crippen molar-refractivity contribution in [3.63, 3.8) is 0 Å². The van der Waals surface area contributed by atoms with Crippen molar-refractivity contribution in [3.8, 4) is 0 Å². The van der Waals surface area contributed by atoms with Crippen LogP contribution >= 0.6 is 0 Å². The van der Waals surface area contributed by atoms with Gasteiger partial charge in [0.15, 0.2) is 0 Å². The molecule has 102 valence electrons. The number of nitrogens with zero attached hydrogens (tertiary/aromatic N) is 1. The van der Waals surface area contributed by atoms with E-state index in [1.165, 1.54) is 25.7 Å². The number of amides is 1. The average Bonchev–Trinajstić information content (AvgIpc) is 2.83. The fourth-order valence-electron chi connectivity index (χ4n) is 4.52. The molecule has 3 rings (SSSR count). The van der Waals surface area contributed by atoms with Crippen molar-refractivity contribution in [1.29, 1.82) is 0 Å². The topological polar surface area (TPSA) is 40.5 Å². The van der Waals surface area contributed by atoms with Crippen LogP contribution in [-0.4, -0.2) is 34.6 Å².